The average molecular weight is 480 g/mol. The maximum absolute atomic E-state index is 13.3. The zero-order valence-corrected chi connectivity index (χ0v) is 22.1. The number of benzene rings is 2. The fourth-order valence-corrected chi connectivity index (χ4v) is 4.51. The van der Waals surface area contributed by atoms with E-state index < -0.39 is 6.10 Å². The van der Waals surface area contributed by atoms with E-state index in [0.29, 0.717) is 37.6 Å². The molecular weight excluding hydrogens is 438 g/mol. The topological polar surface area (TPSA) is 61.9 Å². The van der Waals surface area contributed by atoms with Crippen molar-refractivity contribution in [1.82, 2.24) is 15.1 Å². The molecule has 1 heterocycles. The monoisotopic (exact) mass is 479 g/mol. The van der Waals surface area contributed by atoms with E-state index >= 15 is 0 Å². The number of hydrogen-bond acceptors (Lipinski definition) is 4. The third-order valence-electron chi connectivity index (χ3n) is 6.44. The number of carbonyl (C=O) groups excluding carboxylic acids is 2. The molecule has 6 nitrogen and oxygen atoms in total. The van der Waals surface area contributed by atoms with Crippen LogP contribution in [0.4, 0.5) is 0 Å². The molecule has 0 spiro atoms. The van der Waals surface area contributed by atoms with Crippen molar-refractivity contribution in [3.63, 3.8) is 0 Å². The van der Waals surface area contributed by atoms with Crippen molar-refractivity contribution in [3.8, 4) is 5.75 Å². The third kappa shape index (κ3) is 7.07. The molecule has 2 atom stereocenters. The fourth-order valence-electron chi connectivity index (χ4n) is 4.51. The van der Waals surface area contributed by atoms with E-state index in [0.717, 1.165) is 24.1 Å². The fraction of sp³-hybridized carbons (Fsp3) is 0.517. The summed E-state index contributed by atoms with van der Waals surface area (Å²) in [7, 11) is 3.96. The van der Waals surface area contributed by atoms with Gasteiger partial charge in [-0.3, -0.25) is 9.59 Å². The molecule has 2 amide bonds. The first-order valence-corrected chi connectivity index (χ1v) is 12.8. The number of likely N-dealkylation sites (N-methyl/N-ethyl adjacent to an activating group) is 1. The number of nitrogens with one attached hydrogen (secondary N) is 1. The van der Waals surface area contributed by atoms with E-state index in [9.17, 15) is 9.59 Å². The largest absolute Gasteiger partial charge is 0.481 e. The molecule has 2 aromatic carbocycles. The molecule has 1 N–H and O–H groups in total. The lowest BCUT2D eigenvalue weighted by Gasteiger charge is -2.38. The summed E-state index contributed by atoms with van der Waals surface area (Å²) >= 11 is 0. The summed E-state index contributed by atoms with van der Waals surface area (Å²) in [4.78, 5) is 30.0. The molecule has 0 saturated carbocycles. The summed E-state index contributed by atoms with van der Waals surface area (Å²) in [6, 6.07) is 14.3. The minimum Gasteiger partial charge on any atom is -0.481 e. The van der Waals surface area contributed by atoms with Gasteiger partial charge in [0.15, 0.2) is 6.10 Å². The molecule has 0 aromatic heterocycles. The van der Waals surface area contributed by atoms with Crippen molar-refractivity contribution in [2.24, 2.45) is 5.92 Å². The van der Waals surface area contributed by atoms with Gasteiger partial charge < -0.3 is 19.9 Å². The molecule has 0 aliphatic carbocycles. The highest BCUT2D eigenvalue weighted by Crippen LogP contribution is 2.38. The first-order valence-electron chi connectivity index (χ1n) is 12.8. The highest BCUT2D eigenvalue weighted by molar-refractivity contribution is 5.81. The van der Waals surface area contributed by atoms with Gasteiger partial charge in [0, 0.05) is 26.1 Å². The molecular formula is C29H41N3O3. The second-order valence-electron chi connectivity index (χ2n) is 10.2. The Hall–Kier alpha value is -2.86. The Morgan fingerprint density at radius 2 is 1.86 bits per heavy atom. The van der Waals surface area contributed by atoms with Gasteiger partial charge in [0.05, 0.1) is 6.04 Å². The van der Waals surface area contributed by atoms with E-state index in [1.54, 1.807) is 0 Å². The molecule has 0 saturated heterocycles. The van der Waals surface area contributed by atoms with Gasteiger partial charge in [0.25, 0.3) is 5.91 Å². The first-order chi connectivity index (χ1) is 16.7. The van der Waals surface area contributed by atoms with E-state index in [4.69, 9.17) is 4.74 Å². The van der Waals surface area contributed by atoms with Gasteiger partial charge in [-0.2, -0.15) is 0 Å². The van der Waals surface area contributed by atoms with Crippen LogP contribution in [-0.4, -0.2) is 61.4 Å². The highest BCUT2D eigenvalue weighted by Gasteiger charge is 2.33. The molecule has 1 aliphatic rings. The third-order valence-corrected chi connectivity index (χ3v) is 6.44. The predicted octanol–water partition coefficient (Wildman–Crippen LogP) is 4.35. The average Bonchev–Trinajstić information content (AvgIpc) is 2.81. The number of ether oxygens (including phenoxy) is 1. The minimum absolute atomic E-state index is 0.101. The summed E-state index contributed by atoms with van der Waals surface area (Å²) in [6.07, 6.45) is 1.35. The molecule has 2 aromatic rings. The number of hydrogen-bond donors (Lipinski definition) is 1. The van der Waals surface area contributed by atoms with Crippen molar-refractivity contribution < 1.29 is 14.3 Å². The molecule has 190 valence electrons. The van der Waals surface area contributed by atoms with E-state index in [1.165, 1.54) is 11.1 Å². The Bertz CT molecular complexity index is 1000. The van der Waals surface area contributed by atoms with Gasteiger partial charge in [-0.05, 0) is 68.6 Å². The lowest BCUT2D eigenvalue weighted by molar-refractivity contribution is -0.134. The van der Waals surface area contributed by atoms with Crippen molar-refractivity contribution in [3.05, 3.63) is 64.7 Å². The molecule has 0 fully saturated rings. The summed E-state index contributed by atoms with van der Waals surface area (Å²) < 4.78 is 6.18. The van der Waals surface area contributed by atoms with Crippen LogP contribution in [0.1, 0.15) is 61.9 Å². The van der Waals surface area contributed by atoms with Gasteiger partial charge in [0.1, 0.15) is 5.75 Å². The quantitative estimate of drug-likeness (QED) is 0.550. The Labute approximate surface area is 210 Å². The van der Waals surface area contributed by atoms with Crippen LogP contribution in [0.3, 0.4) is 0 Å². The van der Waals surface area contributed by atoms with Gasteiger partial charge in [-0.25, -0.2) is 0 Å². The van der Waals surface area contributed by atoms with Crippen LogP contribution in [0.2, 0.25) is 0 Å². The zero-order valence-electron chi connectivity index (χ0n) is 22.1. The standard InChI is InChI=1S/C29H41N3O3/c1-7-26(29(34)30-15-17-31(5)6)35-24-13-12-22-14-16-32(27(33)18-20(2)3)28(25(22)19-24)23-10-8-21(4)9-11-23/h8-13,19-20,26,28H,7,14-18H2,1-6H3,(H,30,34). The Balaban J connectivity index is 1.89. The molecule has 35 heavy (non-hydrogen) atoms. The normalized spacial score (nSPS) is 16.2. The van der Waals surface area contributed by atoms with Crippen molar-refractivity contribution in [1.29, 1.82) is 0 Å². The minimum atomic E-state index is -0.560. The first kappa shape index (κ1) is 26.7. The second kappa shape index (κ2) is 12.2. The number of nitrogens with zero attached hydrogens (tertiary/aromatic N) is 2. The summed E-state index contributed by atoms with van der Waals surface area (Å²) in [5, 5.41) is 2.97. The van der Waals surface area contributed by atoms with E-state index in [2.05, 4.69) is 56.4 Å². The lowest BCUT2D eigenvalue weighted by atomic mass is 9.87. The molecule has 0 bridgehead atoms. The van der Waals surface area contributed by atoms with E-state index in [-0.39, 0.29) is 17.9 Å². The Morgan fingerprint density at radius 3 is 2.49 bits per heavy atom. The summed E-state index contributed by atoms with van der Waals surface area (Å²) in [5.74, 6) is 1.03. The van der Waals surface area contributed by atoms with Crippen molar-refractivity contribution in [2.75, 3.05) is 33.7 Å². The lowest BCUT2D eigenvalue weighted by Crippen LogP contribution is -2.41. The van der Waals surface area contributed by atoms with Crippen LogP contribution >= 0.6 is 0 Å². The van der Waals surface area contributed by atoms with Gasteiger partial charge in [-0.1, -0.05) is 56.7 Å². The maximum atomic E-state index is 13.3. The molecule has 2 unspecified atom stereocenters. The smallest absolute Gasteiger partial charge is 0.261 e. The molecule has 6 heteroatoms. The van der Waals surface area contributed by atoms with Crippen LogP contribution < -0.4 is 10.1 Å². The number of aryl methyl sites for hydroxylation is 1. The molecule has 3 rings (SSSR count). The van der Waals surface area contributed by atoms with Gasteiger partial charge in [-0.15, -0.1) is 0 Å². The molecule has 0 radical (unpaired) electrons. The summed E-state index contributed by atoms with van der Waals surface area (Å²) in [5.41, 5.74) is 4.59. The Kier molecular flexibility index (Phi) is 9.33. The zero-order chi connectivity index (χ0) is 25.5. The maximum Gasteiger partial charge on any atom is 0.261 e. The van der Waals surface area contributed by atoms with Crippen molar-refractivity contribution >= 4 is 11.8 Å². The van der Waals surface area contributed by atoms with Gasteiger partial charge in [0.2, 0.25) is 5.91 Å². The number of rotatable bonds is 10. The highest BCUT2D eigenvalue weighted by atomic mass is 16.5. The summed E-state index contributed by atoms with van der Waals surface area (Å²) in [6.45, 7) is 10.2. The van der Waals surface area contributed by atoms with Crippen LogP contribution in [0.15, 0.2) is 42.5 Å². The van der Waals surface area contributed by atoms with Crippen LogP contribution in [0.25, 0.3) is 0 Å². The van der Waals surface area contributed by atoms with Crippen LogP contribution in [0, 0.1) is 12.8 Å². The predicted molar refractivity (Wildman–Crippen MR) is 141 cm³/mol. The SMILES string of the molecule is CCC(Oc1ccc2c(c1)C(c1ccc(C)cc1)N(C(=O)CC(C)C)CC2)C(=O)NCCN(C)C. The van der Waals surface area contributed by atoms with Crippen molar-refractivity contribution in [2.45, 2.75) is 59.1 Å². The molecule has 1 aliphatic heterocycles. The Morgan fingerprint density at radius 1 is 1.14 bits per heavy atom. The van der Waals surface area contributed by atoms with E-state index in [1.807, 2.05) is 43.0 Å². The number of carbonyl (C=O) groups is 2. The van der Waals surface area contributed by atoms with Crippen LogP contribution in [0.5, 0.6) is 5.75 Å². The van der Waals surface area contributed by atoms with Crippen LogP contribution in [-0.2, 0) is 16.0 Å². The number of fused-ring (bicyclic) bond motifs is 1. The van der Waals surface area contributed by atoms with Gasteiger partial charge >= 0.3 is 0 Å². The second-order valence-corrected chi connectivity index (χ2v) is 10.2. The number of amides is 2.